The quantitative estimate of drug-likeness (QED) is 0.223. The highest BCUT2D eigenvalue weighted by molar-refractivity contribution is 5.95. The number of phenols is 1. The normalized spacial score (nSPS) is 18.5. The molecule has 1 aliphatic heterocycles. The van der Waals surface area contributed by atoms with Gasteiger partial charge in [0.15, 0.2) is 0 Å². The zero-order chi connectivity index (χ0) is 27.0. The van der Waals surface area contributed by atoms with Crippen molar-refractivity contribution < 1.29 is 39.3 Å². The van der Waals surface area contributed by atoms with E-state index in [0.29, 0.717) is 24.8 Å². The van der Waals surface area contributed by atoms with Crippen molar-refractivity contribution in [3.8, 4) is 5.75 Å². The summed E-state index contributed by atoms with van der Waals surface area (Å²) >= 11 is 0. The summed E-state index contributed by atoms with van der Waals surface area (Å²) in [5, 5.41) is 33.0. The molecular formula is C24H34N4O8. The Morgan fingerprint density at radius 2 is 1.75 bits per heavy atom. The van der Waals surface area contributed by atoms with E-state index in [9.17, 15) is 34.2 Å². The van der Waals surface area contributed by atoms with E-state index in [1.54, 1.807) is 19.1 Å². The second-order valence-corrected chi connectivity index (χ2v) is 9.04. The van der Waals surface area contributed by atoms with Crippen molar-refractivity contribution in [3.05, 3.63) is 29.8 Å². The molecule has 0 spiro atoms. The molecule has 5 unspecified atom stereocenters. The molecule has 0 saturated carbocycles. The molecule has 1 saturated heterocycles. The number of carboxylic acid groups (broad SMARTS) is 2. The van der Waals surface area contributed by atoms with E-state index in [1.807, 2.05) is 6.92 Å². The van der Waals surface area contributed by atoms with Crippen LogP contribution in [0.2, 0.25) is 0 Å². The van der Waals surface area contributed by atoms with Crippen LogP contribution in [-0.2, 0) is 30.4 Å². The van der Waals surface area contributed by atoms with Crippen LogP contribution in [0.15, 0.2) is 24.3 Å². The van der Waals surface area contributed by atoms with Gasteiger partial charge in [-0.25, -0.2) is 4.79 Å². The minimum atomic E-state index is -1.39. The van der Waals surface area contributed by atoms with Gasteiger partial charge in [-0.2, -0.15) is 0 Å². The van der Waals surface area contributed by atoms with Gasteiger partial charge in [0.1, 0.15) is 23.9 Å². The molecule has 36 heavy (non-hydrogen) atoms. The minimum absolute atomic E-state index is 0.000103. The number of nitrogens with one attached hydrogen (secondary N) is 2. The molecule has 1 aromatic carbocycles. The fraction of sp³-hybridized carbons (Fsp3) is 0.542. The standard InChI is InChI=1S/C24H34N4O8/c1-3-13(2)20(24(35)36)27-22(33)18-5-4-10-28(18)23(34)17(11-14-6-8-15(29)9-7-14)26-21(32)16(25)12-19(30)31/h6-9,13,16-18,20,29H,3-5,10-12,25H2,1-2H3,(H,26,32)(H,27,33)(H,30,31)(H,35,36). The second-order valence-electron chi connectivity index (χ2n) is 9.04. The van der Waals surface area contributed by atoms with Crippen LogP contribution in [0.25, 0.3) is 0 Å². The summed E-state index contributed by atoms with van der Waals surface area (Å²) in [6, 6.07) is 1.39. The Morgan fingerprint density at radius 1 is 1.11 bits per heavy atom. The monoisotopic (exact) mass is 506 g/mol. The Labute approximate surface area is 208 Å². The number of nitrogens with zero attached hydrogens (tertiary/aromatic N) is 1. The molecule has 198 valence electrons. The van der Waals surface area contributed by atoms with Crippen LogP contribution in [0, 0.1) is 5.92 Å². The molecule has 3 amide bonds. The van der Waals surface area contributed by atoms with Crippen molar-refractivity contribution in [2.45, 2.75) is 70.1 Å². The van der Waals surface area contributed by atoms with Gasteiger partial charge in [-0.15, -0.1) is 0 Å². The molecule has 2 rings (SSSR count). The Bertz CT molecular complexity index is 967. The second kappa shape index (κ2) is 12.9. The highest BCUT2D eigenvalue weighted by Gasteiger charge is 2.39. The van der Waals surface area contributed by atoms with E-state index >= 15 is 0 Å². The third-order valence-electron chi connectivity index (χ3n) is 6.34. The number of carboxylic acids is 2. The first-order chi connectivity index (χ1) is 16.9. The molecule has 0 bridgehead atoms. The topological polar surface area (TPSA) is 199 Å². The van der Waals surface area contributed by atoms with E-state index in [0.717, 1.165) is 0 Å². The summed E-state index contributed by atoms with van der Waals surface area (Å²) in [4.78, 5) is 63.0. The molecule has 0 aromatic heterocycles. The van der Waals surface area contributed by atoms with Crippen LogP contribution in [0.3, 0.4) is 0 Å². The van der Waals surface area contributed by atoms with Crippen LogP contribution in [0.4, 0.5) is 0 Å². The van der Waals surface area contributed by atoms with Gasteiger partial charge in [0, 0.05) is 13.0 Å². The number of hydrogen-bond donors (Lipinski definition) is 6. The largest absolute Gasteiger partial charge is 0.508 e. The Hall–Kier alpha value is -3.67. The number of aliphatic carboxylic acids is 2. The number of rotatable bonds is 12. The van der Waals surface area contributed by atoms with Gasteiger partial charge < -0.3 is 36.6 Å². The van der Waals surface area contributed by atoms with Crippen molar-refractivity contribution in [1.29, 1.82) is 0 Å². The molecule has 1 heterocycles. The number of nitrogens with two attached hydrogens (primary N) is 1. The van der Waals surface area contributed by atoms with Crippen LogP contribution >= 0.6 is 0 Å². The molecule has 12 nitrogen and oxygen atoms in total. The van der Waals surface area contributed by atoms with Crippen molar-refractivity contribution in [3.63, 3.8) is 0 Å². The van der Waals surface area contributed by atoms with Crippen molar-refractivity contribution in [1.82, 2.24) is 15.5 Å². The Morgan fingerprint density at radius 3 is 2.31 bits per heavy atom. The first kappa shape index (κ1) is 28.6. The molecule has 1 fully saturated rings. The maximum absolute atomic E-state index is 13.5. The summed E-state index contributed by atoms with van der Waals surface area (Å²) in [6.07, 6.45) is 0.723. The molecule has 7 N–H and O–H groups in total. The molecule has 0 aliphatic carbocycles. The van der Waals surface area contributed by atoms with Gasteiger partial charge in [0.2, 0.25) is 17.7 Å². The zero-order valence-electron chi connectivity index (χ0n) is 20.3. The number of carbonyl (C=O) groups is 5. The fourth-order valence-electron chi connectivity index (χ4n) is 4.06. The fourth-order valence-corrected chi connectivity index (χ4v) is 4.06. The van der Waals surface area contributed by atoms with E-state index in [1.165, 1.54) is 17.0 Å². The average Bonchev–Trinajstić information content (AvgIpc) is 3.31. The lowest BCUT2D eigenvalue weighted by atomic mass is 9.98. The predicted octanol–water partition coefficient (Wildman–Crippen LogP) is -0.172. The molecular weight excluding hydrogens is 472 g/mol. The number of aromatic hydroxyl groups is 1. The van der Waals surface area contributed by atoms with Gasteiger partial charge in [-0.3, -0.25) is 19.2 Å². The maximum Gasteiger partial charge on any atom is 0.326 e. The first-order valence-corrected chi connectivity index (χ1v) is 11.8. The number of phenolic OH excluding ortho intramolecular Hbond substituents is 1. The van der Waals surface area contributed by atoms with Gasteiger partial charge in [-0.05, 0) is 36.5 Å². The van der Waals surface area contributed by atoms with Crippen molar-refractivity contribution in [2.75, 3.05) is 6.54 Å². The number of likely N-dealkylation sites (tertiary alicyclic amines) is 1. The average molecular weight is 507 g/mol. The minimum Gasteiger partial charge on any atom is -0.508 e. The Kier molecular flexibility index (Phi) is 10.2. The number of amides is 3. The summed E-state index contributed by atoms with van der Waals surface area (Å²) in [6.45, 7) is 3.74. The summed E-state index contributed by atoms with van der Waals surface area (Å²) < 4.78 is 0. The number of hydrogen-bond acceptors (Lipinski definition) is 7. The van der Waals surface area contributed by atoms with E-state index in [2.05, 4.69) is 10.6 Å². The van der Waals surface area contributed by atoms with Crippen LogP contribution in [-0.4, -0.2) is 80.6 Å². The van der Waals surface area contributed by atoms with Gasteiger partial charge in [0.25, 0.3) is 0 Å². The smallest absolute Gasteiger partial charge is 0.326 e. The summed E-state index contributed by atoms with van der Waals surface area (Å²) in [7, 11) is 0. The predicted molar refractivity (Wildman–Crippen MR) is 128 cm³/mol. The molecule has 12 heteroatoms. The lowest BCUT2D eigenvalue weighted by Gasteiger charge is -2.30. The molecule has 0 radical (unpaired) electrons. The molecule has 1 aromatic rings. The summed E-state index contributed by atoms with van der Waals surface area (Å²) in [5.74, 6) is -4.76. The van der Waals surface area contributed by atoms with Gasteiger partial charge in [0.05, 0.1) is 12.5 Å². The molecule has 1 aliphatic rings. The third-order valence-corrected chi connectivity index (χ3v) is 6.34. The summed E-state index contributed by atoms with van der Waals surface area (Å²) in [5.41, 5.74) is 6.26. The van der Waals surface area contributed by atoms with Crippen LogP contribution in [0.5, 0.6) is 5.75 Å². The maximum atomic E-state index is 13.5. The lowest BCUT2D eigenvalue weighted by molar-refractivity contribution is -0.146. The zero-order valence-corrected chi connectivity index (χ0v) is 20.3. The van der Waals surface area contributed by atoms with Crippen LogP contribution in [0.1, 0.15) is 45.1 Å². The van der Waals surface area contributed by atoms with E-state index in [-0.39, 0.29) is 24.6 Å². The number of carbonyl (C=O) groups excluding carboxylic acids is 3. The van der Waals surface area contributed by atoms with Crippen molar-refractivity contribution in [2.24, 2.45) is 11.7 Å². The van der Waals surface area contributed by atoms with Gasteiger partial charge in [-0.1, -0.05) is 32.4 Å². The van der Waals surface area contributed by atoms with E-state index in [4.69, 9.17) is 10.8 Å². The SMILES string of the molecule is CCC(C)C(NC(=O)C1CCCN1C(=O)C(Cc1ccc(O)cc1)NC(=O)C(N)CC(=O)O)C(=O)O. The number of benzene rings is 1. The Balaban J connectivity index is 2.25. The van der Waals surface area contributed by atoms with Crippen LogP contribution < -0.4 is 16.4 Å². The van der Waals surface area contributed by atoms with Crippen molar-refractivity contribution >= 4 is 29.7 Å². The van der Waals surface area contributed by atoms with E-state index < -0.39 is 60.2 Å². The molecule has 5 atom stereocenters. The first-order valence-electron chi connectivity index (χ1n) is 11.8. The highest BCUT2D eigenvalue weighted by atomic mass is 16.4. The van der Waals surface area contributed by atoms with Gasteiger partial charge >= 0.3 is 11.9 Å². The highest BCUT2D eigenvalue weighted by Crippen LogP contribution is 2.21. The third kappa shape index (κ3) is 7.67. The lowest BCUT2D eigenvalue weighted by Crippen LogP contribution is -2.58.